The summed E-state index contributed by atoms with van der Waals surface area (Å²) in [6, 6.07) is 17.8. The smallest absolute Gasteiger partial charge is 0.339 e. The van der Waals surface area contributed by atoms with Crippen LogP contribution in [-0.4, -0.2) is 17.1 Å². The number of aromatic nitrogens is 1. The molecule has 0 unspecified atom stereocenters. The van der Waals surface area contributed by atoms with Crippen LogP contribution in [0.2, 0.25) is 0 Å². The van der Waals surface area contributed by atoms with Gasteiger partial charge in [-0.25, -0.2) is 9.18 Å². The minimum atomic E-state index is -0.354. The van der Waals surface area contributed by atoms with Gasteiger partial charge in [0.25, 0.3) is 0 Å². The Morgan fingerprint density at radius 1 is 1.08 bits per heavy atom. The standard InChI is InChI=1S/C20H18FNO2/c1-3-24-20(23)18-13-19(15-7-5-4-6-8-15)22(14(18)2)17-11-9-16(21)10-12-17/h4-13H,3H2,1-2H3. The van der Waals surface area contributed by atoms with Gasteiger partial charge in [0.2, 0.25) is 0 Å². The first-order chi connectivity index (χ1) is 11.6. The zero-order valence-corrected chi connectivity index (χ0v) is 13.6. The van der Waals surface area contributed by atoms with Gasteiger partial charge in [-0.2, -0.15) is 0 Å². The van der Waals surface area contributed by atoms with Gasteiger partial charge in [-0.15, -0.1) is 0 Å². The molecule has 0 amide bonds. The fraction of sp³-hybridized carbons (Fsp3) is 0.150. The van der Waals surface area contributed by atoms with Crippen molar-refractivity contribution in [3.63, 3.8) is 0 Å². The predicted octanol–water partition coefficient (Wildman–Crippen LogP) is 4.77. The van der Waals surface area contributed by atoms with Gasteiger partial charge in [0.15, 0.2) is 0 Å². The number of rotatable bonds is 4. The second kappa shape index (κ2) is 6.71. The highest BCUT2D eigenvalue weighted by molar-refractivity contribution is 5.93. The first kappa shape index (κ1) is 16.0. The molecule has 1 heterocycles. The van der Waals surface area contributed by atoms with E-state index in [1.54, 1.807) is 19.1 Å². The summed E-state index contributed by atoms with van der Waals surface area (Å²) in [6.45, 7) is 3.96. The van der Waals surface area contributed by atoms with Gasteiger partial charge in [-0.05, 0) is 49.7 Å². The molecule has 0 saturated heterocycles. The summed E-state index contributed by atoms with van der Waals surface area (Å²) in [7, 11) is 0. The van der Waals surface area contributed by atoms with E-state index in [1.807, 2.05) is 47.9 Å². The Morgan fingerprint density at radius 3 is 2.38 bits per heavy atom. The molecule has 24 heavy (non-hydrogen) atoms. The van der Waals surface area contributed by atoms with Gasteiger partial charge in [-0.3, -0.25) is 0 Å². The molecule has 0 aliphatic carbocycles. The van der Waals surface area contributed by atoms with E-state index in [1.165, 1.54) is 12.1 Å². The lowest BCUT2D eigenvalue weighted by molar-refractivity contribution is 0.0525. The molecule has 0 fully saturated rings. The first-order valence-corrected chi connectivity index (χ1v) is 7.82. The molecule has 3 nitrogen and oxygen atoms in total. The topological polar surface area (TPSA) is 31.2 Å². The molecule has 122 valence electrons. The zero-order chi connectivity index (χ0) is 17.1. The van der Waals surface area contributed by atoms with E-state index in [0.29, 0.717) is 12.2 Å². The van der Waals surface area contributed by atoms with Crippen molar-refractivity contribution < 1.29 is 13.9 Å². The summed E-state index contributed by atoms with van der Waals surface area (Å²) >= 11 is 0. The number of carbonyl (C=O) groups is 1. The zero-order valence-electron chi connectivity index (χ0n) is 13.6. The minimum absolute atomic E-state index is 0.296. The number of carbonyl (C=O) groups excluding carboxylic acids is 1. The summed E-state index contributed by atoms with van der Waals surface area (Å²) < 4.78 is 20.4. The average molecular weight is 323 g/mol. The van der Waals surface area contributed by atoms with Crippen molar-refractivity contribution >= 4 is 5.97 Å². The second-order valence-corrected chi connectivity index (χ2v) is 5.43. The third-order valence-electron chi connectivity index (χ3n) is 3.90. The van der Waals surface area contributed by atoms with Crippen LogP contribution in [0.1, 0.15) is 23.0 Å². The van der Waals surface area contributed by atoms with Crippen molar-refractivity contribution in [2.45, 2.75) is 13.8 Å². The SMILES string of the molecule is CCOC(=O)c1cc(-c2ccccc2)n(-c2ccc(F)cc2)c1C. The molecular weight excluding hydrogens is 305 g/mol. The molecule has 0 bridgehead atoms. The number of hydrogen-bond acceptors (Lipinski definition) is 2. The van der Waals surface area contributed by atoms with Gasteiger partial charge in [0.1, 0.15) is 5.82 Å². The van der Waals surface area contributed by atoms with Crippen LogP contribution in [0, 0.1) is 12.7 Å². The summed E-state index contributed by atoms with van der Waals surface area (Å²) in [5.74, 6) is -0.650. The quantitative estimate of drug-likeness (QED) is 0.648. The van der Waals surface area contributed by atoms with Gasteiger partial charge in [0, 0.05) is 11.4 Å². The van der Waals surface area contributed by atoms with Crippen LogP contribution in [0.3, 0.4) is 0 Å². The molecular formula is C20H18FNO2. The molecule has 0 spiro atoms. The maximum atomic E-state index is 13.3. The summed E-state index contributed by atoms with van der Waals surface area (Å²) in [4.78, 5) is 12.3. The van der Waals surface area contributed by atoms with Crippen LogP contribution in [0.25, 0.3) is 16.9 Å². The van der Waals surface area contributed by atoms with E-state index < -0.39 is 0 Å². The van der Waals surface area contributed by atoms with Crippen molar-refractivity contribution in [2.24, 2.45) is 0 Å². The molecule has 0 aliphatic rings. The van der Waals surface area contributed by atoms with Gasteiger partial charge >= 0.3 is 5.97 Å². The molecule has 0 N–H and O–H groups in total. The van der Waals surface area contributed by atoms with Crippen LogP contribution in [0.15, 0.2) is 60.7 Å². The predicted molar refractivity (Wildman–Crippen MR) is 91.9 cm³/mol. The van der Waals surface area contributed by atoms with Crippen molar-refractivity contribution in [3.05, 3.63) is 77.7 Å². The summed E-state index contributed by atoms with van der Waals surface area (Å²) in [5, 5.41) is 0. The number of hydrogen-bond donors (Lipinski definition) is 0. The summed E-state index contributed by atoms with van der Waals surface area (Å²) in [6.07, 6.45) is 0. The maximum Gasteiger partial charge on any atom is 0.339 e. The Morgan fingerprint density at radius 2 is 1.75 bits per heavy atom. The Balaban J connectivity index is 2.21. The molecule has 3 rings (SSSR count). The fourth-order valence-electron chi connectivity index (χ4n) is 2.77. The van der Waals surface area contributed by atoms with Gasteiger partial charge < -0.3 is 9.30 Å². The first-order valence-electron chi connectivity index (χ1n) is 7.82. The lowest BCUT2D eigenvalue weighted by Crippen LogP contribution is -2.06. The van der Waals surface area contributed by atoms with E-state index in [2.05, 4.69) is 0 Å². The van der Waals surface area contributed by atoms with E-state index in [0.717, 1.165) is 22.6 Å². The Kier molecular flexibility index (Phi) is 4.47. The Labute approximate surface area is 140 Å². The van der Waals surface area contributed by atoms with Crippen LogP contribution >= 0.6 is 0 Å². The third-order valence-corrected chi connectivity index (χ3v) is 3.90. The van der Waals surface area contributed by atoms with E-state index in [-0.39, 0.29) is 11.8 Å². The van der Waals surface area contributed by atoms with Crippen molar-refractivity contribution in [3.8, 4) is 16.9 Å². The van der Waals surface area contributed by atoms with Crippen molar-refractivity contribution in [2.75, 3.05) is 6.61 Å². The van der Waals surface area contributed by atoms with E-state index in [9.17, 15) is 9.18 Å². The molecule has 2 aromatic carbocycles. The molecule has 1 aromatic heterocycles. The third kappa shape index (κ3) is 2.95. The second-order valence-electron chi connectivity index (χ2n) is 5.43. The normalized spacial score (nSPS) is 10.6. The number of nitrogens with zero attached hydrogens (tertiary/aromatic N) is 1. The van der Waals surface area contributed by atoms with Gasteiger partial charge in [0.05, 0.1) is 17.9 Å². The van der Waals surface area contributed by atoms with Crippen LogP contribution < -0.4 is 0 Å². The van der Waals surface area contributed by atoms with Crippen LogP contribution in [0.4, 0.5) is 4.39 Å². The Hall–Kier alpha value is -2.88. The van der Waals surface area contributed by atoms with Gasteiger partial charge in [-0.1, -0.05) is 30.3 Å². The largest absolute Gasteiger partial charge is 0.462 e. The molecule has 0 aliphatic heterocycles. The van der Waals surface area contributed by atoms with Crippen molar-refractivity contribution in [1.82, 2.24) is 4.57 Å². The summed E-state index contributed by atoms with van der Waals surface area (Å²) in [5.41, 5.74) is 3.91. The lowest BCUT2D eigenvalue weighted by Gasteiger charge is -2.12. The number of halogens is 1. The molecule has 4 heteroatoms. The monoisotopic (exact) mass is 323 g/mol. The van der Waals surface area contributed by atoms with E-state index >= 15 is 0 Å². The highest BCUT2D eigenvalue weighted by atomic mass is 19.1. The number of esters is 1. The highest BCUT2D eigenvalue weighted by Gasteiger charge is 2.20. The van der Waals surface area contributed by atoms with E-state index in [4.69, 9.17) is 4.74 Å². The lowest BCUT2D eigenvalue weighted by atomic mass is 10.1. The van der Waals surface area contributed by atoms with Crippen LogP contribution in [0.5, 0.6) is 0 Å². The maximum absolute atomic E-state index is 13.3. The highest BCUT2D eigenvalue weighted by Crippen LogP contribution is 2.30. The molecule has 0 saturated carbocycles. The molecule has 0 atom stereocenters. The molecule has 0 radical (unpaired) electrons. The number of ether oxygens (including phenoxy) is 1. The van der Waals surface area contributed by atoms with Crippen LogP contribution in [-0.2, 0) is 4.74 Å². The minimum Gasteiger partial charge on any atom is -0.462 e. The fourth-order valence-corrected chi connectivity index (χ4v) is 2.77. The average Bonchev–Trinajstić information content (AvgIpc) is 2.94. The Bertz CT molecular complexity index is 851. The van der Waals surface area contributed by atoms with Crippen molar-refractivity contribution in [1.29, 1.82) is 0 Å². The molecule has 3 aromatic rings. The number of benzene rings is 2.